The Hall–Kier alpha value is -1.40. The summed E-state index contributed by atoms with van der Waals surface area (Å²) in [5.41, 5.74) is 0.771. The summed E-state index contributed by atoms with van der Waals surface area (Å²) in [7, 11) is 0. The topological polar surface area (TPSA) is 50.7 Å². The number of rotatable bonds is 5. The predicted octanol–water partition coefficient (Wildman–Crippen LogP) is 1.57. The third kappa shape index (κ3) is 3.78. The molecule has 0 saturated carbocycles. The summed E-state index contributed by atoms with van der Waals surface area (Å²) < 4.78 is 36.9. The van der Waals surface area contributed by atoms with Crippen LogP contribution in [0.4, 0.5) is 8.78 Å². The molecule has 0 amide bonds. The minimum absolute atomic E-state index is 0.238. The van der Waals surface area contributed by atoms with Crippen LogP contribution in [-0.2, 0) is 6.54 Å². The fourth-order valence-corrected chi connectivity index (χ4v) is 1.83. The van der Waals surface area contributed by atoms with Crippen molar-refractivity contribution < 1.29 is 23.4 Å². The molecular formula is C13H17F2NO3. The monoisotopic (exact) mass is 273 g/mol. The maximum Gasteiger partial charge on any atom is 0.282 e. The van der Waals surface area contributed by atoms with Gasteiger partial charge in [-0.2, -0.15) is 0 Å². The van der Waals surface area contributed by atoms with Gasteiger partial charge in [-0.25, -0.2) is 8.78 Å². The highest BCUT2D eigenvalue weighted by Gasteiger charge is 2.27. The van der Waals surface area contributed by atoms with Crippen LogP contribution < -0.4 is 14.8 Å². The highest BCUT2D eigenvalue weighted by molar-refractivity contribution is 5.47. The third-order valence-electron chi connectivity index (χ3n) is 2.78. The molecule has 0 saturated heterocycles. The molecule has 19 heavy (non-hydrogen) atoms. The SMILES string of the molecule is OCC(F)(F)CNCc1cccc2c1OCCCO2. The number of benzene rings is 1. The third-order valence-corrected chi connectivity index (χ3v) is 2.78. The average molecular weight is 273 g/mol. The molecule has 0 aliphatic carbocycles. The zero-order chi connectivity index (χ0) is 13.7. The molecule has 1 aliphatic heterocycles. The van der Waals surface area contributed by atoms with Gasteiger partial charge in [0, 0.05) is 18.5 Å². The van der Waals surface area contributed by atoms with Gasteiger partial charge < -0.3 is 19.9 Å². The van der Waals surface area contributed by atoms with Crippen molar-refractivity contribution in [2.45, 2.75) is 18.9 Å². The maximum absolute atomic E-state index is 12.9. The molecule has 0 bridgehead atoms. The summed E-state index contributed by atoms with van der Waals surface area (Å²) >= 11 is 0. The number of halogens is 2. The number of aliphatic hydroxyl groups excluding tert-OH is 1. The van der Waals surface area contributed by atoms with Crippen LogP contribution in [0.25, 0.3) is 0 Å². The van der Waals surface area contributed by atoms with Gasteiger partial charge in [-0.05, 0) is 6.07 Å². The first-order chi connectivity index (χ1) is 9.12. The Morgan fingerprint density at radius 2 is 2.05 bits per heavy atom. The Labute approximate surface area is 110 Å². The van der Waals surface area contributed by atoms with Gasteiger partial charge in [0.15, 0.2) is 11.5 Å². The molecule has 0 fully saturated rings. The second-order valence-electron chi connectivity index (χ2n) is 4.41. The second-order valence-corrected chi connectivity index (χ2v) is 4.41. The summed E-state index contributed by atoms with van der Waals surface area (Å²) in [6, 6.07) is 5.40. The van der Waals surface area contributed by atoms with Gasteiger partial charge in [-0.3, -0.25) is 0 Å². The largest absolute Gasteiger partial charge is 0.490 e. The van der Waals surface area contributed by atoms with Crippen molar-refractivity contribution in [3.63, 3.8) is 0 Å². The lowest BCUT2D eigenvalue weighted by Crippen LogP contribution is -2.35. The highest BCUT2D eigenvalue weighted by Crippen LogP contribution is 2.33. The van der Waals surface area contributed by atoms with Crippen molar-refractivity contribution in [1.82, 2.24) is 5.32 Å². The van der Waals surface area contributed by atoms with Crippen molar-refractivity contribution in [3.05, 3.63) is 23.8 Å². The molecule has 0 aromatic heterocycles. The summed E-state index contributed by atoms with van der Waals surface area (Å²) in [5.74, 6) is -1.85. The van der Waals surface area contributed by atoms with Crippen LogP contribution in [0.2, 0.25) is 0 Å². The second kappa shape index (κ2) is 6.16. The van der Waals surface area contributed by atoms with E-state index in [4.69, 9.17) is 14.6 Å². The first-order valence-electron chi connectivity index (χ1n) is 6.19. The molecule has 0 atom stereocenters. The molecule has 1 aromatic carbocycles. The van der Waals surface area contributed by atoms with Crippen molar-refractivity contribution >= 4 is 0 Å². The van der Waals surface area contributed by atoms with Gasteiger partial charge in [0.1, 0.15) is 6.61 Å². The molecule has 2 N–H and O–H groups in total. The van der Waals surface area contributed by atoms with E-state index in [1.165, 1.54) is 0 Å². The molecular weight excluding hydrogens is 256 g/mol. The molecule has 0 spiro atoms. The fourth-order valence-electron chi connectivity index (χ4n) is 1.83. The van der Waals surface area contributed by atoms with E-state index in [1.807, 2.05) is 0 Å². The van der Waals surface area contributed by atoms with E-state index in [0.29, 0.717) is 24.7 Å². The van der Waals surface area contributed by atoms with Crippen LogP contribution in [-0.4, -0.2) is 37.4 Å². The van der Waals surface area contributed by atoms with Gasteiger partial charge in [0.05, 0.1) is 19.8 Å². The maximum atomic E-state index is 12.9. The summed E-state index contributed by atoms with van der Waals surface area (Å²) in [5, 5.41) is 11.1. The van der Waals surface area contributed by atoms with Crippen molar-refractivity contribution in [1.29, 1.82) is 0 Å². The van der Waals surface area contributed by atoms with Crippen LogP contribution in [0, 0.1) is 0 Å². The Morgan fingerprint density at radius 1 is 1.26 bits per heavy atom. The number of hydrogen-bond donors (Lipinski definition) is 2. The van der Waals surface area contributed by atoms with Gasteiger partial charge in [-0.15, -0.1) is 0 Å². The number of hydrogen-bond acceptors (Lipinski definition) is 4. The van der Waals surface area contributed by atoms with Crippen molar-refractivity contribution in [2.75, 3.05) is 26.4 Å². The molecule has 1 aliphatic rings. The van der Waals surface area contributed by atoms with Crippen LogP contribution in [0.5, 0.6) is 11.5 Å². The number of aliphatic hydroxyl groups is 1. The molecule has 1 aromatic rings. The van der Waals surface area contributed by atoms with Crippen LogP contribution in [0.1, 0.15) is 12.0 Å². The van der Waals surface area contributed by atoms with Crippen LogP contribution >= 0.6 is 0 Å². The molecule has 0 unspecified atom stereocenters. The minimum atomic E-state index is -3.11. The summed E-state index contributed by atoms with van der Waals surface area (Å²) in [6.07, 6.45) is 0.796. The number of nitrogens with one attached hydrogen (secondary N) is 1. The molecule has 106 valence electrons. The molecule has 2 rings (SSSR count). The Bertz CT molecular complexity index is 426. The summed E-state index contributed by atoms with van der Waals surface area (Å²) in [4.78, 5) is 0. The summed E-state index contributed by atoms with van der Waals surface area (Å²) in [6.45, 7) is -0.355. The van der Waals surface area contributed by atoms with Gasteiger partial charge in [0.25, 0.3) is 5.92 Å². The predicted molar refractivity (Wildman–Crippen MR) is 65.8 cm³/mol. The molecule has 0 radical (unpaired) electrons. The van der Waals surface area contributed by atoms with E-state index in [1.54, 1.807) is 18.2 Å². The lowest BCUT2D eigenvalue weighted by atomic mass is 10.2. The van der Waals surface area contributed by atoms with E-state index in [9.17, 15) is 8.78 Å². The van der Waals surface area contributed by atoms with Gasteiger partial charge in [-0.1, -0.05) is 12.1 Å². The number of fused-ring (bicyclic) bond motifs is 1. The Balaban J connectivity index is 2.01. The normalized spacial score (nSPS) is 15.1. The first-order valence-corrected chi connectivity index (χ1v) is 6.19. The smallest absolute Gasteiger partial charge is 0.282 e. The van der Waals surface area contributed by atoms with Crippen molar-refractivity contribution in [2.24, 2.45) is 0 Å². The van der Waals surface area contributed by atoms with Crippen LogP contribution in [0.3, 0.4) is 0 Å². The van der Waals surface area contributed by atoms with Gasteiger partial charge in [0.2, 0.25) is 0 Å². The minimum Gasteiger partial charge on any atom is -0.490 e. The van der Waals surface area contributed by atoms with Crippen molar-refractivity contribution in [3.8, 4) is 11.5 Å². The molecule has 6 heteroatoms. The zero-order valence-corrected chi connectivity index (χ0v) is 10.5. The molecule has 1 heterocycles. The Kier molecular flexibility index (Phi) is 4.55. The van der Waals surface area contributed by atoms with E-state index in [2.05, 4.69) is 5.32 Å². The van der Waals surface area contributed by atoms with Gasteiger partial charge >= 0.3 is 0 Å². The number of alkyl halides is 2. The van der Waals surface area contributed by atoms with E-state index in [-0.39, 0.29) is 6.54 Å². The van der Waals surface area contributed by atoms with E-state index < -0.39 is 19.1 Å². The Morgan fingerprint density at radius 3 is 2.84 bits per heavy atom. The zero-order valence-electron chi connectivity index (χ0n) is 10.5. The van der Waals surface area contributed by atoms with Crippen LogP contribution in [0.15, 0.2) is 18.2 Å². The highest BCUT2D eigenvalue weighted by atomic mass is 19.3. The standard InChI is InChI=1S/C13H17F2NO3/c14-13(15,9-17)8-16-7-10-3-1-4-11-12(10)19-6-2-5-18-11/h1,3-4,16-17H,2,5-9H2. The lowest BCUT2D eigenvalue weighted by Gasteiger charge is -2.16. The molecule has 4 nitrogen and oxygen atoms in total. The fraction of sp³-hybridized carbons (Fsp3) is 0.538. The first kappa shape index (κ1) is 14.0. The number of para-hydroxylation sites is 1. The average Bonchev–Trinajstić information content (AvgIpc) is 2.64. The van der Waals surface area contributed by atoms with E-state index in [0.717, 1.165) is 12.0 Å². The quantitative estimate of drug-likeness (QED) is 0.855. The number of ether oxygens (including phenoxy) is 2. The van der Waals surface area contributed by atoms with E-state index >= 15 is 0 Å². The lowest BCUT2D eigenvalue weighted by molar-refractivity contribution is -0.0478.